The fourth-order valence-corrected chi connectivity index (χ4v) is 6.00. The van der Waals surface area contributed by atoms with Gasteiger partial charge in [0, 0.05) is 0 Å². The van der Waals surface area contributed by atoms with E-state index in [0.717, 1.165) is 35.5 Å². The molecule has 114 valence electrons. The average Bonchev–Trinajstić information content (AvgIpc) is 2.37. The van der Waals surface area contributed by atoms with Gasteiger partial charge in [0.25, 0.3) is 0 Å². The van der Waals surface area contributed by atoms with Crippen molar-refractivity contribution in [3.05, 3.63) is 0 Å². The molecule has 20 heavy (non-hydrogen) atoms. The van der Waals surface area contributed by atoms with Gasteiger partial charge in [0.15, 0.2) is 0 Å². The molecule has 4 fully saturated rings. The number of hydrogen-bond donors (Lipinski definition) is 0. The van der Waals surface area contributed by atoms with E-state index in [0.29, 0.717) is 0 Å². The zero-order valence-corrected chi connectivity index (χ0v) is 13.4. The summed E-state index contributed by atoms with van der Waals surface area (Å²) in [5.41, 5.74) is 0. The summed E-state index contributed by atoms with van der Waals surface area (Å²) in [4.78, 5) is 0. The van der Waals surface area contributed by atoms with Crippen LogP contribution < -0.4 is 0 Å². The van der Waals surface area contributed by atoms with Gasteiger partial charge >= 0.3 is 0 Å². The summed E-state index contributed by atoms with van der Waals surface area (Å²) in [5.74, 6) is 6.87. The third-order valence-electron chi connectivity index (χ3n) is 7.93. The van der Waals surface area contributed by atoms with Gasteiger partial charge in [-0.3, -0.25) is 0 Å². The average molecular weight is 274 g/mol. The van der Waals surface area contributed by atoms with Gasteiger partial charge in [-0.25, -0.2) is 0 Å². The zero-order chi connectivity index (χ0) is 13.4. The summed E-state index contributed by atoms with van der Waals surface area (Å²) in [6.07, 6.45) is 22.1. The fourth-order valence-electron chi connectivity index (χ4n) is 6.00. The third-order valence-corrected chi connectivity index (χ3v) is 7.93. The molecule has 0 radical (unpaired) electrons. The molecule has 0 spiro atoms. The highest BCUT2D eigenvalue weighted by Crippen LogP contribution is 2.48. The van der Waals surface area contributed by atoms with Gasteiger partial charge in [0.2, 0.25) is 0 Å². The predicted octanol–water partition coefficient (Wildman–Crippen LogP) is 6.20. The van der Waals surface area contributed by atoms with Gasteiger partial charge in [-0.15, -0.1) is 0 Å². The molecule has 4 rings (SSSR count). The van der Waals surface area contributed by atoms with Crippen LogP contribution in [0.2, 0.25) is 0 Å². The van der Waals surface area contributed by atoms with Crippen LogP contribution in [0.15, 0.2) is 0 Å². The Labute approximate surface area is 126 Å². The van der Waals surface area contributed by atoms with E-state index in [1.54, 1.807) is 77.0 Å². The molecule has 0 bridgehead atoms. The Bertz CT molecular complexity index is 264. The second-order valence-corrected chi connectivity index (χ2v) is 8.73. The van der Waals surface area contributed by atoms with E-state index in [9.17, 15) is 0 Å². The van der Waals surface area contributed by atoms with Crippen molar-refractivity contribution in [3.8, 4) is 0 Å². The molecule has 0 aliphatic heterocycles. The van der Waals surface area contributed by atoms with Crippen LogP contribution in [0.4, 0.5) is 0 Å². The first-order chi connectivity index (χ1) is 9.90. The molecule has 0 aromatic carbocycles. The summed E-state index contributed by atoms with van der Waals surface area (Å²) in [7, 11) is 0. The first-order valence-corrected chi connectivity index (χ1v) is 9.90. The quantitative estimate of drug-likeness (QED) is 0.575. The van der Waals surface area contributed by atoms with E-state index in [-0.39, 0.29) is 0 Å². The molecule has 0 heterocycles. The van der Waals surface area contributed by atoms with E-state index < -0.39 is 0 Å². The van der Waals surface area contributed by atoms with Crippen LogP contribution >= 0.6 is 0 Å². The topological polar surface area (TPSA) is 0 Å². The molecule has 4 saturated carbocycles. The monoisotopic (exact) mass is 274 g/mol. The molecule has 0 unspecified atom stereocenters. The van der Waals surface area contributed by atoms with Crippen molar-refractivity contribution in [1.82, 2.24) is 0 Å². The van der Waals surface area contributed by atoms with Crippen molar-refractivity contribution in [2.24, 2.45) is 35.5 Å². The minimum absolute atomic E-state index is 1.13. The SMILES string of the molecule is C1CC(C2CCC(C3CCC(C4CCC4)CC3)CC2)C1. The lowest BCUT2D eigenvalue weighted by Crippen LogP contribution is -2.32. The van der Waals surface area contributed by atoms with Gasteiger partial charge in [-0.1, -0.05) is 38.5 Å². The second-order valence-electron chi connectivity index (χ2n) is 8.73. The van der Waals surface area contributed by atoms with Crippen LogP contribution in [0.1, 0.15) is 89.9 Å². The van der Waals surface area contributed by atoms with Crippen molar-refractivity contribution in [2.45, 2.75) is 89.9 Å². The molecule has 4 aliphatic carbocycles. The second kappa shape index (κ2) is 6.01. The molecule has 0 aromatic heterocycles. The lowest BCUT2D eigenvalue weighted by Gasteiger charge is -2.43. The van der Waals surface area contributed by atoms with Crippen LogP contribution in [0, 0.1) is 35.5 Å². The van der Waals surface area contributed by atoms with E-state index in [2.05, 4.69) is 0 Å². The van der Waals surface area contributed by atoms with Crippen LogP contribution in [-0.4, -0.2) is 0 Å². The Morgan fingerprint density at radius 2 is 0.450 bits per heavy atom. The van der Waals surface area contributed by atoms with Crippen molar-refractivity contribution >= 4 is 0 Å². The Morgan fingerprint density at radius 1 is 0.250 bits per heavy atom. The van der Waals surface area contributed by atoms with Gasteiger partial charge < -0.3 is 0 Å². The first-order valence-electron chi connectivity index (χ1n) is 9.90. The normalized spacial score (nSPS) is 43.8. The predicted molar refractivity (Wildman–Crippen MR) is 85.6 cm³/mol. The Hall–Kier alpha value is 0. The number of hydrogen-bond acceptors (Lipinski definition) is 0. The minimum Gasteiger partial charge on any atom is -0.0528 e. The van der Waals surface area contributed by atoms with Crippen LogP contribution in [0.25, 0.3) is 0 Å². The van der Waals surface area contributed by atoms with E-state index in [4.69, 9.17) is 0 Å². The Balaban J connectivity index is 1.21. The van der Waals surface area contributed by atoms with Gasteiger partial charge in [-0.2, -0.15) is 0 Å². The molecule has 4 aliphatic rings. The van der Waals surface area contributed by atoms with Crippen LogP contribution in [-0.2, 0) is 0 Å². The Kier molecular flexibility index (Phi) is 4.10. The maximum atomic E-state index is 1.60. The van der Waals surface area contributed by atoms with Crippen molar-refractivity contribution in [2.75, 3.05) is 0 Å². The molecule has 0 nitrogen and oxygen atoms in total. The van der Waals surface area contributed by atoms with E-state index >= 15 is 0 Å². The number of rotatable bonds is 3. The van der Waals surface area contributed by atoms with E-state index in [1.165, 1.54) is 12.8 Å². The molecule has 0 aromatic rings. The standard InChI is InChI=1S/C20H34/c1-3-15(4-1)17-7-11-19(12-8-17)20-13-9-18(10-14-20)16-5-2-6-16/h15-20H,1-14H2. The summed E-state index contributed by atoms with van der Waals surface area (Å²) >= 11 is 0. The largest absolute Gasteiger partial charge is 0.0528 e. The zero-order valence-electron chi connectivity index (χ0n) is 13.4. The minimum atomic E-state index is 1.13. The third kappa shape index (κ3) is 2.69. The molecule has 0 heteroatoms. The fraction of sp³-hybridized carbons (Fsp3) is 1.00. The van der Waals surface area contributed by atoms with Gasteiger partial charge in [-0.05, 0) is 86.9 Å². The molecule has 0 atom stereocenters. The molecule has 0 saturated heterocycles. The molecular weight excluding hydrogens is 240 g/mol. The van der Waals surface area contributed by atoms with Gasteiger partial charge in [0.1, 0.15) is 0 Å². The maximum Gasteiger partial charge on any atom is -0.0386 e. The van der Waals surface area contributed by atoms with Gasteiger partial charge in [0.05, 0.1) is 0 Å². The van der Waals surface area contributed by atoms with Crippen LogP contribution in [0.5, 0.6) is 0 Å². The summed E-state index contributed by atoms with van der Waals surface area (Å²) in [6, 6.07) is 0. The molecular formula is C20H34. The molecule has 0 N–H and O–H groups in total. The highest BCUT2D eigenvalue weighted by atomic mass is 14.4. The van der Waals surface area contributed by atoms with E-state index in [1.807, 2.05) is 0 Å². The van der Waals surface area contributed by atoms with Crippen LogP contribution in [0.3, 0.4) is 0 Å². The van der Waals surface area contributed by atoms with Crippen molar-refractivity contribution < 1.29 is 0 Å². The highest BCUT2D eigenvalue weighted by molar-refractivity contribution is 4.88. The highest BCUT2D eigenvalue weighted by Gasteiger charge is 2.36. The van der Waals surface area contributed by atoms with Crippen molar-refractivity contribution in [1.29, 1.82) is 0 Å². The lowest BCUT2D eigenvalue weighted by molar-refractivity contribution is 0.0780. The molecule has 0 amide bonds. The Morgan fingerprint density at radius 3 is 0.600 bits per heavy atom. The van der Waals surface area contributed by atoms with Crippen molar-refractivity contribution in [3.63, 3.8) is 0 Å². The maximum absolute atomic E-state index is 1.60. The summed E-state index contributed by atoms with van der Waals surface area (Å²) < 4.78 is 0. The lowest BCUT2D eigenvalue weighted by atomic mass is 9.62. The first kappa shape index (κ1) is 13.6. The summed E-state index contributed by atoms with van der Waals surface area (Å²) in [6.45, 7) is 0. The summed E-state index contributed by atoms with van der Waals surface area (Å²) in [5, 5.41) is 0. The smallest absolute Gasteiger partial charge is 0.0386 e.